The van der Waals surface area contributed by atoms with E-state index in [-0.39, 0.29) is 0 Å². The molecule has 1 saturated carbocycles. The van der Waals surface area contributed by atoms with Gasteiger partial charge in [-0.05, 0) is 32.2 Å². The second-order valence-electron chi connectivity index (χ2n) is 5.54. The number of nitrogens with one attached hydrogen (secondary N) is 1. The van der Waals surface area contributed by atoms with Gasteiger partial charge in [0.15, 0.2) is 0 Å². The van der Waals surface area contributed by atoms with Gasteiger partial charge in [0.2, 0.25) is 0 Å². The van der Waals surface area contributed by atoms with Crippen molar-refractivity contribution in [1.82, 2.24) is 10.3 Å². The lowest BCUT2D eigenvalue weighted by atomic mass is 9.83. The molecule has 0 spiro atoms. The molecule has 1 aliphatic carbocycles. The normalized spacial score (nSPS) is 15.3. The number of ether oxygens (including phenoxy) is 1. The molecular formula is C16H26N2O. The fraction of sp³-hybridized carbons (Fsp3) is 0.688. The number of hydrogen-bond donors (Lipinski definition) is 1. The van der Waals surface area contributed by atoms with E-state index in [0.29, 0.717) is 0 Å². The number of pyridine rings is 1. The Hall–Kier alpha value is -1.09. The van der Waals surface area contributed by atoms with Crippen LogP contribution in [0, 0.1) is 12.8 Å². The van der Waals surface area contributed by atoms with Gasteiger partial charge in [0.25, 0.3) is 0 Å². The summed E-state index contributed by atoms with van der Waals surface area (Å²) in [5.74, 6) is 1.92. The van der Waals surface area contributed by atoms with Gasteiger partial charge in [0.05, 0.1) is 6.61 Å². The van der Waals surface area contributed by atoms with Crippen molar-refractivity contribution in [3.63, 3.8) is 0 Å². The fourth-order valence-electron chi connectivity index (χ4n) is 2.35. The number of aromatic nitrogens is 1. The topological polar surface area (TPSA) is 34.2 Å². The first kappa shape index (κ1) is 14.3. The van der Waals surface area contributed by atoms with Gasteiger partial charge in [0, 0.05) is 30.1 Å². The average Bonchev–Trinajstić information content (AvgIpc) is 2.35. The molecule has 0 unspecified atom stereocenters. The van der Waals surface area contributed by atoms with Crippen LogP contribution in [0.4, 0.5) is 0 Å². The third kappa shape index (κ3) is 4.50. The van der Waals surface area contributed by atoms with Gasteiger partial charge in [-0.25, -0.2) is 0 Å². The maximum absolute atomic E-state index is 5.98. The molecule has 1 aromatic heterocycles. The van der Waals surface area contributed by atoms with Crippen molar-refractivity contribution in [2.75, 3.05) is 13.2 Å². The molecule has 0 atom stereocenters. The SMILES string of the molecule is CCCNCc1cnc(C)cc1OCCC1CCC1. The van der Waals surface area contributed by atoms with Crippen molar-refractivity contribution in [2.24, 2.45) is 5.92 Å². The molecule has 0 bridgehead atoms. The summed E-state index contributed by atoms with van der Waals surface area (Å²) in [7, 11) is 0. The maximum Gasteiger partial charge on any atom is 0.127 e. The van der Waals surface area contributed by atoms with E-state index in [9.17, 15) is 0 Å². The van der Waals surface area contributed by atoms with Crippen molar-refractivity contribution in [2.45, 2.75) is 52.5 Å². The van der Waals surface area contributed by atoms with Crippen LogP contribution in [0.1, 0.15) is 50.3 Å². The molecule has 0 saturated heterocycles. The summed E-state index contributed by atoms with van der Waals surface area (Å²) in [4.78, 5) is 4.37. The lowest BCUT2D eigenvalue weighted by molar-refractivity contribution is 0.220. The van der Waals surface area contributed by atoms with Gasteiger partial charge in [-0.15, -0.1) is 0 Å². The van der Waals surface area contributed by atoms with Crippen molar-refractivity contribution >= 4 is 0 Å². The second-order valence-corrected chi connectivity index (χ2v) is 5.54. The molecule has 19 heavy (non-hydrogen) atoms. The monoisotopic (exact) mass is 262 g/mol. The molecule has 3 heteroatoms. The summed E-state index contributed by atoms with van der Waals surface area (Å²) in [6.07, 6.45) is 8.48. The smallest absolute Gasteiger partial charge is 0.127 e. The van der Waals surface area contributed by atoms with Gasteiger partial charge in [-0.1, -0.05) is 26.2 Å². The third-order valence-corrected chi connectivity index (χ3v) is 3.83. The zero-order valence-corrected chi connectivity index (χ0v) is 12.2. The van der Waals surface area contributed by atoms with E-state index < -0.39 is 0 Å². The first-order valence-electron chi connectivity index (χ1n) is 7.58. The predicted octanol–water partition coefficient (Wildman–Crippen LogP) is 3.46. The summed E-state index contributed by atoms with van der Waals surface area (Å²) < 4.78 is 5.98. The minimum atomic E-state index is 0.842. The molecule has 1 heterocycles. The summed E-state index contributed by atoms with van der Waals surface area (Å²) in [6.45, 7) is 6.92. The first-order valence-corrected chi connectivity index (χ1v) is 7.58. The van der Waals surface area contributed by atoms with Crippen LogP contribution in [-0.2, 0) is 6.54 Å². The van der Waals surface area contributed by atoms with Crippen molar-refractivity contribution in [3.8, 4) is 5.75 Å². The second kappa shape index (κ2) is 7.49. The van der Waals surface area contributed by atoms with Crippen LogP contribution >= 0.6 is 0 Å². The van der Waals surface area contributed by atoms with Crippen LogP contribution < -0.4 is 10.1 Å². The minimum Gasteiger partial charge on any atom is -0.493 e. The van der Waals surface area contributed by atoms with E-state index >= 15 is 0 Å². The Balaban J connectivity index is 1.85. The molecule has 2 rings (SSSR count). The van der Waals surface area contributed by atoms with Crippen molar-refractivity contribution in [3.05, 3.63) is 23.5 Å². The quantitative estimate of drug-likeness (QED) is 0.729. The van der Waals surface area contributed by atoms with E-state index in [2.05, 4.69) is 23.3 Å². The van der Waals surface area contributed by atoms with E-state index in [0.717, 1.165) is 43.5 Å². The van der Waals surface area contributed by atoms with Crippen LogP contribution in [0.15, 0.2) is 12.3 Å². The van der Waals surface area contributed by atoms with Gasteiger partial charge < -0.3 is 10.1 Å². The van der Waals surface area contributed by atoms with Crippen LogP contribution in [-0.4, -0.2) is 18.1 Å². The van der Waals surface area contributed by atoms with Gasteiger partial charge in [-0.3, -0.25) is 4.98 Å². The summed E-state index contributed by atoms with van der Waals surface area (Å²) >= 11 is 0. The highest BCUT2D eigenvalue weighted by Crippen LogP contribution is 2.29. The van der Waals surface area contributed by atoms with Crippen LogP contribution in [0.25, 0.3) is 0 Å². The van der Waals surface area contributed by atoms with E-state index in [1.165, 1.54) is 31.2 Å². The fourth-order valence-corrected chi connectivity index (χ4v) is 2.35. The largest absolute Gasteiger partial charge is 0.493 e. The minimum absolute atomic E-state index is 0.842. The Morgan fingerprint density at radius 2 is 2.26 bits per heavy atom. The molecule has 3 nitrogen and oxygen atoms in total. The summed E-state index contributed by atoms with van der Waals surface area (Å²) in [6, 6.07) is 2.06. The van der Waals surface area contributed by atoms with Gasteiger partial charge in [0.1, 0.15) is 5.75 Å². The number of nitrogens with zero attached hydrogens (tertiary/aromatic N) is 1. The maximum atomic E-state index is 5.98. The lowest BCUT2D eigenvalue weighted by Crippen LogP contribution is -2.17. The van der Waals surface area contributed by atoms with Crippen LogP contribution in [0.5, 0.6) is 5.75 Å². The molecule has 0 aliphatic heterocycles. The highest BCUT2D eigenvalue weighted by Gasteiger charge is 2.17. The Morgan fingerprint density at radius 1 is 1.42 bits per heavy atom. The van der Waals surface area contributed by atoms with Crippen LogP contribution in [0.2, 0.25) is 0 Å². The predicted molar refractivity (Wildman–Crippen MR) is 78.4 cm³/mol. The van der Waals surface area contributed by atoms with E-state index in [4.69, 9.17) is 4.74 Å². The van der Waals surface area contributed by atoms with Crippen molar-refractivity contribution < 1.29 is 4.74 Å². The molecular weight excluding hydrogens is 236 g/mol. The molecule has 106 valence electrons. The highest BCUT2D eigenvalue weighted by atomic mass is 16.5. The Morgan fingerprint density at radius 3 is 2.95 bits per heavy atom. The Bertz CT molecular complexity index is 388. The molecule has 1 fully saturated rings. The number of rotatable bonds is 8. The summed E-state index contributed by atoms with van der Waals surface area (Å²) in [5, 5.41) is 3.41. The van der Waals surface area contributed by atoms with E-state index in [1.54, 1.807) is 0 Å². The van der Waals surface area contributed by atoms with Gasteiger partial charge >= 0.3 is 0 Å². The zero-order valence-electron chi connectivity index (χ0n) is 12.2. The third-order valence-electron chi connectivity index (χ3n) is 3.83. The Labute approximate surface area is 116 Å². The Kier molecular flexibility index (Phi) is 5.64. The molecule has 1 N–H and O–H groups in total. The first-order chi connectivity index (χ1) is 9.29. The lowest BCUT2D eigenvalue weighted by Gasteiger charge is -2.25. The molecule has 0 radical (unpaired) electrons. The molecule has 1 aliphatic rings. The molecule has 0 aromatic carbocycles. The number of aryl methyl sites for hydroxylation is 1. The van der Waals surface area contributed by atoms with Crippen LogP contribution in [0.3, 0.4) is 0 Å². The highest BCUT2D eigenvalue weighted by molar-refractivity contribution is 5.32. The number of hydrogen-bond acceptors (Lipinski definition) is 3. The molecule has 1 aromatic rings. The zero-order chi connectivity index (χ0) is 13.5. The van der Waals surface area contributed by atoms with Gasteiger partial charge in [-0.2, -0.15) is 0 Å². The summed E-state index contributed by atoms with van der Waals surface area (Å²) in [5.41, 5.74) is 2.20. The molecule has 0 amide bonds. The standard InChI is InChI=1S/C16H26N2O/c1-3-8-17-11-15-12-18-13(2)10-16(15)19-9-7-14-5-4-6-14/h10,12,14,17H,3-9,11H2,1-2H3. The van der Waals surface area contributed by atoms with Crippen molar-refractivity contribution in [1.29, 1.82) is 0 Å². The average molecular weight is 262 g/mol. The van der Waals surface area contributed by atoms with E-state index in [1.807, 2.05) is 13.1 Å².